The first-order valence-corrected chi connectivity index (χ1v) is 8.15. The third-order valence-corrected chi connectivity index (χ3v) is 3.76. The minimum absolute atomic E-state index is 0.570. The van der Waals surface area contributed by atoms with Crippen LogP contribution in [0.1, 0.15) is 23.9 Å². The number of aromatic nitrogens is 2. The van der Waals surface area contributed by atoms with E-state index in [0.29, 0.717) is 12.5 Å². The Labute approximate surface area is 142 Å². The molecule has 0 fully saturated rings. The largest absolute Gasteiger partial charge is 0.467 e. The molecule has 5 nitrogen and oxygen atoms in total. The Kier molecular flexibility index (Phi) is 5.11. The molecule has 0 saturated heterocycles. The van der Waals surface area contributed by atoms with Crippen molar-refractivity contribution in [1.82, 2.24) is 9.97 Å². The predicted octanol–water partition coefficient (Wildman–Crippen LogP) is 4.02. The number of benzene rings is 1. The first-order chi connectivity index (χ1) is 11.7. The second-order valence-electron chi connectivity index (χ2n) is 5.62. The summed E-state index contributed by atoms with van der Waals surface area (Å²) in [5.41, 5.74) is 2.20. The Hall–Kier alpha value is -2.82. The summed E-state index contributed by atoms with van der Waals surface area (Å²) in [6.07, 6.45) is 1.66. The van der Waals surface area contributed by atoms with Crippen LogP contribution in [0.15, 0.2) is 59.2 Å². The zero-order valence-electron chi connectivity index (χ0n) is 14.1. The van der Waals surface area contributed by atoms with E-state index in [4.69, 9.17) is 4.42 Å². The van der Waals surface area contributed by atoms with Crippen molar-refractivity contribution in [2.45, 2.75) is 26.9 Å². The van der Waals surface area contributed by atoms with Crippen molar-refractivity contribution in [3.8, 4) is 0 Å². The van der Waals surface area contributed by atoms with Gasteiger partial charge in [-0.1, -0.05) is 30.3 Å². The highest BCUT2D eigenvalue weighted by atomic mass is 16.3. The summed E-state index contributed by atoms with van der Waals surface area (Å²) in [6.45, 7) is 6.39. The van der Waals surface area contributed by atoms with E-state index in [9.17, 15) is 0 Å². The molecule has 124 valence electrons. The maximum Gasteiger partial charge on any atom is 0.225 e. The summed E-state index contributed by atoms with van der Waals surface area (Å²) < 4.78 is 5.33. The summed E-state index contributed by atoms with van der Waals surface area (Å²) in [5, 5.41) is 3.23. The summed E-state index contributed by atoms with van der Waals surface area (Å²) in [4.78, 5) is 11.4. The molecular weight excluding hydrogens is 300 g/mol. The summed E-state index contributed by atoms with van der Waals surface area (Å²) >= 11 is 0. The van der Waals surface area contributed by atoms with Gasteiger partial charge in [0.25, 0.3) is 0 Å². The van der Waals surface area contributed by atoms with Crippen molar-refractivity contribution in [3.63, 3.8) is 0 Å². The molecule has 0 spiro atoms. The molecule has 3 rings (SSSR count). The molecule has 1 aromatic carbocycles. The Bertz CT molecular complexity index is 756. The molecule has 2 aromatic heterocycles. The molecule has 2 heterocycles. The van der Waals surface area contributed by atoms with Gasteiger partial charge in [-0.05, 0) is 31.5 Å². The van der Waals surface area contributed by atoms with Crippen LogP contribution in [0, 0.1) is 6.92 Å². The molecule has 24 heavy (non-hydrogen) atoms. The lowest BCUT2D eigenvalue weighted by Gasteiger charge is -2.23. The van der Waals surface area contributed by atoms with Crippen molar-refractivity contribution >= 4 is 11.8 Å². The zero-order valence-corrected chi connectivity index (χ0v) is 14.1. The third kappa shape index (κ3) is 4.13. The number of furan rings is 1. The van der Waals surface area contributed by atoms with Crippen LogP contribution >= 0.6 is 0 Å². The second-order valence-corrected chi connectivity index (χ2v) is 5.62. The van der Waals surface area contributed by atoms with Gasteiger partial charge in [-0.15, -0.1) is 0 Å². The number of aryl methyl sites for hydroxylation is 1. The van der Waals surface area contributed by atoms with Gasteiger partial charge in [-0.2, -0.15) is 4.98 Å². The standard InChI is InChI=1S/C19H22N4O/c1-3-23(14-16-8-5-4-6-9-16)18-12-15(2)21-19(22-18)20-13-17-10-7-11-24-17/h4-12H,3,13-14H2,1-2H3,(H,20,21,22). The number of hydrogen-bond acceptors (Lipinski definition) is 5. The van der Waals surface area contributed by atoms with Gasteiger partial charge in [-0.3, -0.25) is 0 Å². The summed E-state index contributed by atoms with van der Waals surface area (Å²) in [6, 6.07) is 16.2. The summed E-state index contributed by atoms with van der Waals surface area (Å²) in [5.74, 6) is 2.40. The third-order valence-electron chi connectivity index (χ3n) is 3.76. The van der Waals surface area contributed by atoms with E-state index >= 15 is 0 Å². The molecule has 5 heteroatoms. The van der Waals surface area contributed by atoms with Gasteiger partial charge in [0.05, 0.1) is 12.8 Å². The van der Waals surface area contributed by atoms with Gasteiger partial charge >= 0.3 is 0 Å². The molecule has 0 aliphatic heterocycles. The number of nitrogens with one attached hydrogen (secondary N) is 1. The van der Waals surface area contributed by atoms with Gasteiger partial charge < -0.3 is 14.6 Å². The van der Waals surface area contributed by atoms with Crippen molar-refractivity contribution in [3.05, 3.63) is 71.8 Å². The maximum atomic E-state index is 5.33. The number of rotatable bonds is 7. The quantitative estimate of drug-likeness (QED) is 0.712. The monoisotopic (exact) mass is 322 g/mol. The van der Waals surface area contributed by atoms with Crippen LogP contribution < -0.4 is 10.2 Å². The lowest BCUT2D eigenvalue weighted by atomic mass is 10.2. The van der Waals surface area contributed by atoms with Crippen LogP contribution in [-0.4, -0.2) is 16.5 Å². The normalized spacial score (nSPS) is 10.6. The van der Waals surface area contributed by atoms with Crippen LogP contribution in [-0.2, 0) is 13.1 Å². The maximum absolute atomic E-state index is 5.33. The zero-order chi connectivity index (χ0) is 16.8. The minimum Gasteiger partial charge on any atom is -0.467 e. The molecule has 0 bridgehead atoms. The van der Waals surface area contributed by atoms with Crippen molar-refractivity contribution in [1.29, 1.82) is 0 Å². The fourth-order valence-electron chi connectivity index (χ4n) is 2.53. The van der Waals surface area contributed by atoms with Crippen LogP contribution in [0.3, 0.4) is 0 Å². The molecule has 0 saturated carbocycles. The highest BCUT2D eigenvalue weighted by Crippen LogP contribution is 2.18. The van der Waals surface area contributed by atoms with Crippen LogP contribution in [0.2, 0.25) is 0 Å². The first-order valence-electron chi connectivity index (χ1n) is 8.15. The fraction of sp³-hybridized carbons (Fsp3) is 0.263. The van der Waals surface area contributed by atoms with E-state index in [2.05, 4.69) is 51.4 Å². The molecule has 0 aliphatic carbocycles. The van der Waals surface area contributed by atoms with Crippen molar-refractivity contribution in [2.24, 2.45) is 0 Å². The molecule has 0 radical (unpaired) electrons. The molecular formula is C19H22N4O. The van der Waals surface area contributed by atoms with E-state index in [1.54, 1.807) is 6.26 Å². The van der Waals surface area contributed by atoms with E-state index in [0.717, 1.165) is 30.4 Å². The van der Waals surface area contributed by atoms with Crippen LogP contribution in [0.4, 0.5) is 11.8 Å². The van der Waals surface area contributed by atoms with Gasteiger partial charge in [0, 0.05) is 24.8 Å². The highest BCUT2D eigenvalue weighted by Gasteiger charge is 2.10. The molecule has 1 N–H and O–H groups in total. The Morgan fingerprint density at radius 3 is 2.62 bits per heavy atom. The molecule has 0 amide bonds. The van der Waals surface area contributed by atoms with Crippen molar-refractivity contribution < 1.29 is 4.42 Å². The van der Waals surface area contributed by atoms with Gasteiger partial charge in [-0.25, -0.2) is 4.98 Å². The van der Waals surface area contributed by atoms with Gasteiger partial charge in [0.2, 0.25) is 5.95 Å². The second kappa shape index (κ2) is 7.64. The smallest absolute Gasteiger partial charge is 0.225 e. The fourth-order valence-corrected chi connectivity index (χ4v) is 2.53. The van der Waals surface area contributed by atoms with E-state index in [1.807, 2.05) is 31.2 Å². The average molecular weight is 322 g/mol. The SMILES string of the molecule is CCN(Cc1ccccc1)c1cc(C)nc(NCc2ccco2)n1. The van der Waals surface area contributed by atoms with Crippen LogP contribution in [0.25, 0.3) is 0 Å². The molecule has 0 aliphatic rings. The Balaban J connectivity index is 1.75. The minimum atomic E-state index is 0.570. The van der Waals surface area contributed by atoms with E-state index in [-0.39, 0.29) is 0 Å². The van der Waals surface area contributed by atoms with E-state index in [1.165, 1.54) is 5.56 Å². The number of anilines is 2. The van der Waals surface area contributed by atoms with E-state index < -0.39 is 0 Å². The van der Waals surface area contributed by atoms with Gasteiger partial charge in [0.1, 0.15) is 11.6 Å². The molecule has 3 aromatic rings. The Morgan fingerprint density at radius 2 is 1.92 bits per heavy atom. The Morgan fingerprint density at radius 1 is 1.08 bits per heavy atom. The number of hydrogen-bond donors (Lipinski definition) is 1. The van der Waals surface area contributed by atoms with Crippen molar-refractivity contribution in [2.75, 3.05) is 16.8 Å². The highest BCUT2D eigenvalue weighted by molar-refractivity contribution is 5.45. The topological polar surface area (TPSA) is 54.2 Å². The lowest BCUT2D eigenvalue weighted by molar-refractivity contribution is 0.517. The van der Waals surface area contributed by atoms with Crippen LogP contribution in [0.5, 0.6) is 0 Å². The lowest BCUT2D eigenvalue weighted by Crippen LogP contribution is -2.23. The predicted molar refractivity (Wildman–Crippen MR) is 96.0 cm³/mol. The van der Waals surface area contributed by atoms with Gasteiger partial charge in [0.15, 0.2) is 0 Å². The molecule has 0 atom stereocenters. The average Bonchev–Trinajstić information content (AvgIpc) is 3.12. The number of nitrogens with zero attached hydrogens (tertiary/aromatic N) is 3. The first kappa shape index (κ1) is 16.1. The molecule has 0 unspecified atom stereocenters. The summed E-state index contributed by atoms with van der Waals surface area (Å²) in [7, 11) is 0.